The third-order valence-electron chi connectivity index (χ3n) is 2.72. The summed E-state index contributed by atoms with van der Waals surface area (Å²) in [5, 5.41) is 0. The van der Waals surface area contributed by atoms with Crippen molar-refractivity contribution >= 4 is 11.8 Å². The average molecular weight is 232 g/mol. The largest absolute Gasteiger partial charge is 0.459 e. The van der Waals surface area contributed by atoms with Crippen LogP contribution in [0.4, 0.5) is 0 Å². The summed E-state index contributed by atoms with van der Waals surface area (Å²) in [6, 6.07) is 7.25. The van der Waals surface area contributed by atoms with E-state index in [9.17, 15) is 9.59 Å². The topological polar surface area (TPSA) is 43.4 Å². The highest BCUT2D eigenvalue weighted by molar-refractivity contribution is 6.05. The van der Waals surface area contributed by atoms with Gasteiger partial charge in [-0.3, -0.25) is 9.59 Å². The number of carbonyl (C=O) groups excluding carboxylic acids is 2. The lowest BCUT2D eigenvalue weighted by Crippen LogP contribution is -2.27. The van der Waals surface area contributed by atoms with E-state index < -0.39 is 11.5 Å². The van der Waals surface area contributed by atoms with E-state index in [4.69, 9.17) is 4.74 Å². The minimum absolute atomic E-state index is 0.0245. The molecule has 1 aromatic rings. The fourth-order valence-corrected chi connectivity index (χ4v) is 2.04. The quantitative estimate of drug-likeness (QED) is 0.699. The van der Waals surface area contributed by atoms with Gasteiger partial charge in [-0.2, -0.15) is 0 Å². The first-order valence-electron chi connectivity index (χ1n) is 5.73. The molecule has 1 atom stereocenters. The predicted octanol–water partition coefficient (Wildman–Crippen LogP) is 2.70. The maximum atomic E-state index is 12.0. The first kappa shape index (κ1) is 11.8. The normalized spacial score (nSPS) is 19.0. The molecule has 0 unspecified atom stereocenters. The number of hydrogen-bond donors (Lipinski definition) is 0. The fraction of sp³-hybridized carbons (Fsp3) is 0.429. The Balaban J connectivity index is 2.26. The van der Waals surface area contributed by atoms with Crippen LogP contribution in [0.15, 0.2) is 24.3 Å². The monoisotopic (exact) mass is 232 g/mol. The van der Waals surface area contributed by atoms with E-state index in [0.29, 0.717) is 5.56 Å². The van der Waals surface area contributed by atoms with Crippen molar-refractivity contribution in [1.82, 2.24) is 0 Å². The number of hydrogen-bond acceptors (Lipinski definition) is 3. The van der Waals surface area contributed by atoms with Crippen LogP contribution in [-0.4, -0.2) is 17.4 Å². The Kier molecular flexibility index (Phi) is 2.77. The lowest BCUT2D eigenvalue weighted by Gasteiger charge is -2.22. The Bertz CT molecular complexity index is 469. The Morgan fingerprint density at radius 2 is 1.94 bits per heavy atom. The van der Waals surface area contributed by atoms with Crippen LogP contribution < -0.4 is 0 Å². The molecular weight excluding hydrogens is 216 g/mol. The highest BCUT2D eigenvalue weighted by atomic mass is 16.6. The Morgan fingerprint density at radius 3 is 2.59 bits per heavy atom. The summed E-state index contributed by atoms with van der Waals surface area (Å²) in [7, 11) is 0. The smallest absolute Gasteiger partial charge is 0.314 e. The minimum Gasteiger partial charge on any atom is -0.459 e. The number of esters is 1. The summed E-state index contributed by atoms with van der Waals surface area (Å²) in [6.45, 7) is 5.48. The molecule has 0 N–H and O–H groups in total. The van der Waals surface area contributed by atoms with E-state index in [-0.39, 0.29) is 18.2 Å². The second-order valence-corrected chi connectivity index (χ2v) is 5.30. The summed E-state index contributed by atoms with van der Waals surface area (Å²) < 4.78 is 5.34. The Labute approximate surface area is 101 Å². The standard InChI is InChI=1S/C14H16O3/c1-14(2,3)17-13(16)11-8-12(15)10-7-5-4-6-9(10)11/h4-7,11H,8H2,1-3H3/t11-/m0/s1. The van der Waals surface area contributed by atoms with Crippen molar-refractivity contribution in [2.24, 2.45) is 0 Å². The molecule has 3 nitrogen and oxygen atoms in total. The van der Waals surface area contributed by atoms with Gasteiger partial charge in [0.2, 0.25) is 0 Å². The highest BCUT2D eigenvalue weighted by Crippen LogP contribution is 2.34. The van der Waals surface area contributed by atoms with Crippen molar-refractivity contribution < 1.29 is 14.3 Å². The molecular formula is C14H16O3. The van der Waals surface area contributed by atoms with Crippen LogP contribution in [0.25, 0.3) is 0 Å². The Morgan fingerprint density at radius 1 is 1.29 bits per heavy atom. The van der Waals surface area contributed by atoms with Crippen LogP contribution in [0.5, 0.6) is 0 Å². The van der Waals surface area contributed by atoms with Gasteiger partial charge in [0.05, 0.1) is 5.92 Å². The first-order chi connectivity index (χ1) is 7.88. The zero-order valence-corrected chi connectivity index (χ0v) is 10.3. The van der Waals surface area contributed by atoms with Crippen LogP contribution in [0.2, 0.25) is 0 Å². The van der Waals surface area contributed by atoms with Crippen molar-refractivity contribution in [1.29, 1.82) is 0 Å². The molecule has 1 aliphatic carbocycles. The van der Waals surface area contributed by atoms with Crippen molar-refractivity contribution in [3.8, 4) is 0 Å². The maximum Gasteiger partial charge on any atom is 0.314 e. The molecule has 1 aromatic carbocycles. The molecule has 2 rings (SSSR count). The molecule has 0 radical (unpaired) electrons. The number of ketones is 1. The van der Waals surface area contributed by atoms with Gasteiger partial charge in [0.15, 0.2) is 5.78 Å². The van der Waals surface area contributed by atoms with Crippen molar-refractivity contribution in [2.75, 3.05) is 0 Å². The zero-order chi connectivity index (χ0) is 12.6. The van der Waals surface area contributed by atoms with Crippen LogP contribution in [0, 0.1) is 0 Å². The molecule has 1 aliphatic rings. The van der Waals surface area contributed by atoms with E-state index in [1.165, 1.54) is 0 Å². The summed E-state index contributed by atoms with van der Waals surface area (Å²) in [6.07, 6.45) is 0.230. The number of fused-ring (bicyclic) bond motifs is 1. The van der Waals surface area contributed by atoms with Gasteiger partial charge in [0.1, 0.15) is 5.60 Å². The van der Waals surface area contributed by atoms with Gasteiger partial charge in [-0.15, -0.1) is 0 Å². The summed E-state index contributed by atoms with van der Waals surface area (Å²) in [5.41, 5.74) is 0.938. The van der Waals surface area contributed by atoms with Gasteiger partial charge in [-0.05, 0) is 26.3 Å². The number of carbonyl (C=O) groups is 2. The number of ether oxygens (including phenoxy) is 1. The molecule has 0 amide bonds. The molecule has 90 valence electrons. The molecule has 0 spiro atoms. The second kappa shape index (κ2) is 3.99. The van der Waals surface area contributed by atoms with Crippen LogP contribution in [-0.2, 0) is 9.53 Å². The van der Waals surface area contributed by atoms with E-state index in [1.807, 2.05) is 39.0 Å². The summed E-state index contributed by atoms with van der Waals surface area (Å²) in [5.74, 6) is -0.717. The van der Waals surface area contributed by atoms with Crippen molar-refractivity contribution in [2.45, 2.75) is 38.7 Å². The zero-order valence-electron chi connectivity index (χ0n) is 10.3. The Hall–Kier alpha value is -1.64. The number of benzene rings is 1. The summed E-state index contributed by atoms with van der Waals surface area (Å²) >= 11 is 0. The number of Topliss-reactive ketones (excluding diaryl/α,β-unsaturated/α-hetero) is 1. The molecule has 0 aliphatic heterocycles. The van der Waals surface area contributed by atoms with E-state index in [2.05, 4.69) is 0 Å². The molecule has 3 heteroatoms. The van der Waals surface area contributed by atoms with Crippen molar-refractivity contribution in [3.05, 3.63) is 35.4 Å². The van der Waals surface area contributed by atoms with Gasteiger partial charge in [0, 0.05) is 12.0 Å². The molecule has 0 saturated carbocycles. The fourth-order valence-electron chi connectivity index (χ4n) is 2.04. The average Bonchev–Trinajstić information content (AvgIpc) is 2.55. The molecule has 0 bridgehead atoms. The highest BCUT2D eigenvalue weighted by Gasteiger charge is 2.36. The molecule has 17 heavy (non-hydrogen) atoms. The lowest BCUT2D eigenvalue weighted by atomic mass is 10.0. The first-order valence-corrected chi connectivity index (χ1v) is 5.73. The van der Waals surface area contributed by atoms with Crippen LogP contribution >= 0.6 is 0 Å². The van der Waals surface area contributed by atoms with Gasteiger partial charge in [-0.25, -0.2) is 0 Å². The van der Waals surface area contributed by atoms with Crippen molar-refractivity contribution in [3.63, 3.8) is 0 Å². The second-order valence-electron chi connectivity index (χ2n) is 5.30. The molecule has 0 saturated heterocycles. The van der Waals surface area contributed by atoms with Gasteiger partial charge in [0.25, 0.3) is 0 Å². The third kappa shape index (κ3) is 2.38. The van der Waals surface area contributed by atoms with Gasteiger partial charge < -0.3 is 4.74 Å². The lowest BCUT2D eigenvalue weighted by molar-refractivity contribution is -0.156. The number of rotatable bonds is 1. The molecule has 0 aromatic heterocycles. The van der Waals surface area contributed by atoms with Crippen LogP contribution in [0.1, 0.15) is 49.0 Å². The maximum absolute atomic E-state index is 12.0. The van der Waals surface area contributed by atoms with Gasteiger partial charge >= 0.3 is 5.97 Å². The van der Waals surface area contributed by atoms with Gasteiger partial charge in [-0.1, -0.05) is 24.3 Å². The SMILES string of the molecule is CC(C)(C)OC(=O)[C@H]1CC(=O)c2ccccc21. The minimum atomic E-state index is -0.516. The van der Waals surface area contributed by atoms with Crippen LogP contribution in [0.3, 0.4) is 0 Å². The molecule has 0 heterocycles. The molecule has 0 fully saturated rings. The predicted molar refractivity (Wildman–Crippen MR) is 64.0 cm³/mol. The van der Waals surface area contributed by atoms with E-state index in [0.717, 1.165) is 5.56 Å². The van der Waals surface area contributed by atoms with E-state index in [1.54, 1.807) is 6.07 Å². The van der Waals surface area contributed by atoms with E-state index >= 15 is 0 Å². The summed E-state index contributed by atoms with van der Waals surface area (Å²) in [4.78, 5) is 23.7. The third-order valence-corrected chi connectivity index (χ3v) is 2.72.